The van der Waals surface area contributed by atoms with Gasteiger partial charge in [-0.15, -0.1) is 0 Å². The molecule has 0 atom stereocenters. The third kappa shape index (κ3) is 9.53. The summed E-state index contributed by atoms with van der Waals surface area (Å²) in [6.07, 6.45) is 11.9. The number of aromatic nitrogens is 1. The molecule has 3 aliphatic rings. The Labute approximate surface area is 293 Å². The Kier molecular flexibility index (Phi) is 12.0. The summed E-state index contributed by atoms with van der Waals surface area (Å²) in [5, 5.41) is 1.08. The van der Waals surface area contributed by atoms with E-state index in [9.17, 15) is 0 Å². The highest BCUT2D eigenvalue weighted by Crippen LogP contribution is 2.36. The molecule has 3 aromatic carbocycles. The van der Waals surface area contributed by atoms with Gasteiger partial charge in [-0.05, 0) is 144 Å². The van der Waals surface area contributed by atoms with E-state index in [1.54, 1.807) is 0 Å². The molecule has 7 rings (SSSR count). The van der Waals surface area contributed by atoms with Crippen molar-refractivity contribution < 1.29 is 14.2 Å². The van der Waals surface area contributed by atoms with Crippen LogP contribution in [0.3, 0.4) is 0 Å². The van der Waals surface area contributed by atoms with E-state index in [0.717, 1.165) is 76.8 Å². The minimum atomic E-state index is 0.704. The van der Waals surface area contributed by atoms with Crippen LogP contribution in [0, 0.1) is 0 Å². The minimum Gasteiger partial charge on any atom is -0.492 e. The first-order valence-electron chi connectivity index (χ1n) is 19.0. The standard InChI is InChI=1S/C42H54N4O3/c1-4-20-44(21-5-1)26-29-47-37-14-10-34(11-15-37)40-33-36-32-39(49-31-28-46-24-8-3-9-25-46)18-19-41(36)43-42(40)35-12-16-38(17-13-35)48-30-27-45-22-6-2-7-23-45/h10-19,32-33H,1-9,20-31H2. The zero-order chi connectivity index (χ0) is 33.1. The summed E-state index contributed by atoms with van der Waals surface area (Å²) >= 11 is 0. The number of benzene rings is 3. The van der Waals surface area contributed by atoms with Gasteiger partial charge in [0.25, 0.3) is 0 Å². The van der Waals surface area contributed by atoms with E-state index in [0.29, 0.717) is 13.2 Å². The van der Waals surface area contributed by atoms with Crippen molar-refractivity contribution >= 4 is 10.9 Å². The molecule has 0 N–H and O–H groups in total. The van der Waals surface area contributed by atoms with Crippen LogP contribution in [0.25, 0.3) is 33.3 Å². The van der Waals surface area contributed by atoms with Gasteiger partial charge in [-0.1, -0.05) is 31.4 Å². The Morgan fingerprint density at radius 3 is 1.37 bits per heavy atom. The Morgan fingerprint density at radius 2 is 0.878 bits per heavy atom. The average Bonchev–Trinajstić information content (AvgIpc) is 3.16. The molecule has 4 aromatic rings. The van der Waals surface area contributed by atoms with Crippen LogP contribution in [-0.2, 0) is 0 Å². The van der Waals surface area contributed by atoms with E-state index < -0.39 is 0 Å². The first kappa shape index (κ1) is 33.8. The van der Waals surface area contributed by atoms with Crippen LogP contribution >= 0.6 is 0 Å². The van der Waals surface area contributed by atoms with Crippen molar-refractivity contribution in [2.45, 2.75) is 57.8 Å². The highest BCUT2D eigenvalue weighted by atomic mass is 16.5. The molecule has 49 heavy (non-hydrogen) atoms. The lowest BCUT2D eigenvalue weighted by Gasteiger charge is -2.26. The number of fused-ring (bicyclic) bond motifs is 1. The van der Waals surface area contributed by atoms with Crippen LogP contribution in [0.15, 0.2) is 72.8 Å². The molecule has 0 spiro atoms. The molecule has 7 nitrogen and oxygen atoms in total. The molecule has 0 amide bonds. The molecule has 260 valence electrons. The second kappa shape index (κ2) is 17.3. The predicted octanol–water partition coefficient (Wildman–Crippen LogP) is 8.16. The fourth-order valence-corrected chi connectivity index (χ4v) is 7.55. The first-order valence-corrected chi connectivity index (χ1v) is 19.0. The second-order valence-corrected chi connectivity index (χ2v) is 14.0. The maximum Gasteiger partial charge on any atom is 0.120 e. The summed E-state index contributed by atoms with van der Waals surface area (Å²) in [4.78, 5) is 12.8. The van der Waals surface area contributed by atoms with Crippen molar-refractivity contribution in [2.24, 2.45) is 0 Å². The molecule has 0 radical (unpaired) electrons. The van der Waals surface area contributed by atoms with Gasteiger partial charge in [0.05, 0.1) is 11.2 Å². The van der Waals surface area contributed by atoms with E-state index in [4.69, 9.17) is 19.2 Å². The summed E-state index contributed by atoms with van der Waals surface area (Å²) < 4.78 is 18.6. The number of likely N-dealkylation sites (tertiary alicyclic amines) is 3. The van der Waals surface area contributed by atoms with E-state index in [-0.39, 0.29) is 0 Å². The first-order chi connectivity index (χ1) is 24.3. The maximum atomic E-state index is 6.25. The number of hydrogen-bond acceptors (Lipinski definition) is 7. The molecule has 3 saturated heterocycles. The van der Waals surface area contributed by atoms with Gasteiger partial charge in [0.1, 0.15) is 37.1 Å². The Hall–Kier alpha value is -3.65. The van der Waals surface area contributed by atoms with Gasteiger partial charge in [-0.3, -0.25) is 14.7 Å². The number of piperidine rings is 3. The second-order valence-electron chi connectivity index (χ2n) is 14.0. The lowest BCUT2D eigenvalue weighted by atomic mass is 9.97. The van der Waals surface area contributed by atoms with Crippen LogP contribution in [0.5, 0.6) is 17.2 Å². The molecule has 0 aliphatic carbocycles. The monoisotopic (exact) mass is 662 g/mol. The molecule has 3 fully saturated rings. The van der Waals surface area contributed by atoms with Crippen LogP contribution in [0.1, 0.15) is 57.8 Å². The third-order valence-electron chi connectivity index (χ3n) is 10.5. The molecule has 1 aromatic heterocycles. The van der Waals surface area contributed by atoms with Crippen molar-refractivity contribution in [3.63, 3.8) is 0 Å². The highest BCUT2D eigenvalue weighted by molar-refractivity contribution is 5.92. The van der Waals surface area contributed by atoms with E-state index in [1.165, 1.54) is 97.1 Å². The summed E-state index contributed by atoms with van der Waals surface area (Å²) in [6.45, 7) is 12.2. The summed E-state index contributed by atoms with van der Waals surface area (Å²) in [5.74, 6) is 2.71. The van der Waals surface area contributed by atoms with Crippen LogP contribution < -0.4 is 14.2 Å². The summed E-state index contributed by atoms with van der Waals surface area (Å²) in [5.41, 5.74) is 5.21. The van der Waals surface area contributed by atoms with Crippen LogP contribution in [0.2, 0.25) is 0 Å². The minimum absolute atomic E-state index is 0.704. The van der Waals surface area contributed by atoms with E-state index in [1.807, 2.05) is 0 Å². The van der Waals surface area contributed by atoms with E-state index in [2.05, 4.69) is 87.5 Å². The van der Waals surface area contributed by atoms with Crippen molar-refractivity contribution in [3.8, 4) is 39.6 Å². The Morgan fingerprint density at radius 1 is 0.449 bits per heavy atom. The number of rotatable bonds is 14. The van der Waals surface area contributed by atoms with Gasteiger partial charge >= 0.3 is 0 Å². The summed E-state index contributed by atoms with van der Waals surface area (Å²) in [6, 6.07) is 25.5. The lowest BCUT2D eigenvalue weighted by molar-refractivity contribution is 0.183. The van der Waals surface area contributed by atoms with E-state index >= 15 is 0 Å². The molecule has 0 unspecified atom stereocenters. The molecule has 4 heterocycles. The maximum absolute atomic E-state index is 6.25. The van der Waals surface area contributed by atoms with Crippen molar-refractivity contribution in [2.75, 3.05) is 78.7 Å². The van der Waals surface area contributed by atoms with Crippen molar-refractivity contribution in [3.05, 3.63) is 72.8 Å². The zero-order valence-electron chi connectivity index (χ0n) is 29.3. The smallest absolute Gasteiger partial charge is 0.120 e. The molecular weight excluding hydrogens is 608 g/mol. The average molecular weight is 663 g/mol. The predicted molar refractivity (Wildman–Crippen MR) is 200 cm³/mol. The van der Waals surface area contributed by atoms with Crippen molar-refractivity contribution in [1.29, 1.82) is 0 Å². The largest absolute Gasteiger partial charge is 0.492 e. The van der Waals surface area contributed by atoms with Crippen LogP contribution in [0.4, 0.5) is 0 Å². The third-order valence-corrected chi connectivity index (χ3v) is 10.5. The van der Waals surface area contributed by atoms with Gasteiger partial charge in [0, 0.05) is 36.1 Å². The molecule has 3 aliphatic heterocycles. The Bertz CT molecular complexity index is 1590. The van der Waals surface area contributed by atoms with Crippen molar-refractivity contribution in [1.82, 2.24) is 19.7 Å². The topological polar surface area (TPSA) is 50.3 Å². The van der Waals surface area contributed by atoms with Gasteiger partial charge < -0.3 is 14.2 Å². The lowest BCUT2D eigenvalue weighted by Crippen LogP contribution is -2.33. The Balaban J connectivity index is 1.08. The normalized spacial score (nSPS) is 18.0. The fraction of sp³-hybridized carbons (Fsp3) is 0.500. The molecule has 0 saturated carbocycles. The zero-order valence-corrected chi connectivity index (χ0v) is 29.3. The van der Waals surface area contributed by atoms with Gasteiger partial charge in [0.2, 0.25) is 0 Å². The van der Waals surface area contributed by atoms with Gasteiger partial charge in [-0.25, -0.2) is 4.98 Å². The molecular formula is C42H54N4O3. The van der Waals surface area contributed by atoms with Gasteiger partial charge in [-0.2, -0.15) is 0 Å². The number of pyridine rings is 1. The molecule has 7 heteroatoms. The number of ether oxygens (including phenoxy) is 3. The highest BCUT2D eigenvalue weighted by Gasteiger charge is 2.15. The van der Waals surface area contributed by atoms with Crippen LogP contribution in [-0.4, -0.2) is 98.4 Å². The quantitative estimate of drug-likeness (QED) is 0.135. The number of nitrogens with zero attached hydrogens (tertiary/aromatic N) is 4. The molecule has 0 bridgehead atoms. The fourth-order valence-electron chi connectivity index (χ4n) is 7.55. The SMILES string of the molecule is c1cc(-c2cc3cc(OCCN4CCCCC4)ccc3nc2-c2ccc(OCCN3CCCCC3)cc2)ccc1OCCN1CCCCC1. The van der Waals surface area contributed by atoms with Gasteiger partial charge in [0.15, 0.2) is 0 Å². The summed E-state index contributed by atoms with van der Waals surface area (Å²) in [7, 11) is 0. The number of hydrogen-bond donors (Lipinski definition) is 0.